The third-order valence-electron chi connectivity index (χ3n) is 4.25. The highest BCUT2D eigenvalue weighted by atomic mass is 32.1. The molecule has 3 rings (SSSR count). The maximum absolute atomic E-state index is 4.69. The van der Waals surface area contributed by atoms with E-state index in [-0.39, 0.29) is 6.04 Å². The smallest absolute Gasteiger partial charge is 0.203 e. The van der Waals surface area contributed by atoms with Gasteiger partial charge in [0.05, 0.1) is 22.4 Å². The van der Waals surface area contributed by atoms with Crippen LogP contribution in [0.1, 0.15) is 66.0 Å². The molecule has 21 heavy (non-hydrogen) atoms. The van der Waals surface area contributed by atoms with Crippen LogP contribution >= 0.6 is 11.3 Å². The number of nitrogens with one attached hydrogen (secondary N) is 1. The molecule has 1 fully saturated rings. The Morgan fingerprint density at radius 3 is 2.57 bits per heavy atom. The summed E-state index contributed by atoms with van der Waals surface area (Å²) in [6.45, 7) is 8.43. The molecule has 2 heterocycles. The molecule has 0 spiro atoms. The average Bonchev–Trinajstić information content (AvgIpc) is 3.10. The van der Waals surface area contributed by atoms with E-state index in [2.05, 4.69) is 48.8 Å². The Balaban J connectivity index is 1.82. The fraction of sp³-hybridized carbons (Fsp3) is 0.625. The zero-order valence-corrected chi connectivity index (χ0v) is 14.1. The van der Waals surface area contributed by atoms with Gasteiger partial charge in [0, 0.05) is 17.1 Å². The molecule has 0 aliphatic heterocycles. The molecule has 1 N–H and O–H groups in total. The fourth-order valence-corrected chi connectivity index (χ4v) is 4.22. The number of imidazole rings is 1. The average molecular weight is 304 g/mol. The first-order valence-electron chi connectivity index (χ1n) is 7.80. The number of aryl methyl sites for hydroxylation is 3. The number of aromatic nitrogens is 3. The predicted molar refractivity (Wildman–Crippen MR) is 88.1 cm³/mol. The number of hydrogen-bond donors (Lipinski definition) is 1. The van der Waals surface area contributed by atoms with Gasteiger partial charge in [-0.05, 0) is 40.5 Å². The summed E-state index contributed by atoms with van der Waals surface area (Å²) in [6, 6.07) is 0.864. The van der Waals surface area contributed by atoms with E-state index in [0.29, 0.717) is 6.04 Å². The number of anilines is 1. The van der Waals surface area contributed by atoms with Gasteiger partial charge in [0.2, 0.25) is 5.95 Å². The van der Waals surface area contributed by atoms with Gasteiger partial charge in [-0.25, -0.2) is 9.97 Å². The molecule has 4 nitrogen and oxygen atoms in total. The Morgan fingerprint density at radius 1 is 1.24 bits per heavy atom. The summed E-state index contributed by atoms with van der Waals surface area (Å²) in [5, 5.41) is 4.73. The van der Waals surface area contributed by atoms with Crippen molar-refractivity contribution in [3.63, 3.8) is 0 Å². The van der Waals surface area contributed by atoms with Gasteiger partial charge in [0.1, 0.15) is 0 Å². The second-order valence-electron chi connectivity index (χ2n) is 6.10. The molecule has 0 saturated heterocycles. The summed E-state index contributed by atoms with van der Waals surface area (Å²) < 4.78 is 2.35. The van der Waals surface area contributed by atoms with Crippen molar-refractivity contribution in [3.05, 3.63) is 27.5 Å². The molecule has 1 atom stereocenters. The van der Waals surface area contributed by atoms with E-state index < -0.39 is 0 Å². The van der Waals surface area contributed by atoms with Crippen LogP contribution in [0.15, 0.2) is 6.20 Å². The van der Waals surface area contributed by atoms with Crippen LogP contribution in [-0.4, -0.2) is 14.5 Å². The van der Waals surface area contributed by atoms with Gasteiger partial charge in [-0.3, -0.25) is 0 Å². The summed E-state index contributed by atoms with van der Waals surface area (Å²) in [5.41, 5.74) is 2.22. The van der Waals surface area contributed by atoms with Crippen molar-refractivity contribution in [1.82, 2.24) is 14.5 Å². The Morgan fingerprint density at radius 2 is 1.95 bits per heavy atom. The van der Waals surface area contributed by atoms with E-state index in [9.17, 15) is 0 Å². The first-order chi connectivity index (χ1) is 10.0. The van der Waals surface area contributed by atoms with Gasteiger partial charge in [0.15, 0.2) is 0 Å². The molecule has 0 amide bonds. The molecule has 0 radical (unpaired) electrons. The molecule has 1 aliphatic rings. The lowest BCUT2D eigenvalue weighted by Gasteiger charge is -2.19. The van der Waals surface area contributed by atoms with Crippen molar-refractivity contribution in [2.45, 2.75) is 65.5 Å². The standard InChI is InChI=1S/C16H24N4S/c1-10-9-20(14-7-5-6-8-14)16(17-10)19-12(3)15-11(2)18-13(4)21-15/h9,12,14H,5-8H2,1-4H3,(H,17,19). The third-order valence-corrected chi connectivity index (χ3v) is 5.50. The zero-order valence-electron chi connectivity index (χ0n) is 13.3. The van der Waals surface area contributed by atoms with Gasteiger partial charge in [-0.1, -0.05) is 12.8 Å². The Kier molecular flexibility index (Phi) is 4.02. The molecule has 2 aromatic heterocycles. The molecule has 1 unspecified atom stereocenters. The SMILES string of the molecule is Cc1cn(C2CCCC2)c(NC(C)c2sc(C)nc2C)n1. The number of nitrogens with zero attached hydrogens (tertiary/aromatic N) is 3. The van der Waals surface area contributed by atoms with Crippen LogP contribution in [0.25, 0.3) is 0 Å². The second kappa shape index (κ2) is 5.79. The Bertz CT molecular complexity index is 622. The van der Waals surface area contributed by atoms with Gasteiger partial charge >= 0.3 is 0 Å². The van der Waals surface area contributed by atoms with Crippen LogP contribution in [0.4, 0.5) is 5.95 Å². The molecule has 5 heteroatoms. The Labute approximate surface area is 130 Å². The summed E-state index contributed by atoms with van der Waals surface area (Å²) in [5.74, 6) is 1.01. The highest BCUT2D eigenvalue weighted by Gasteiger charge is 2.22. The maximum atomic E-state index is 4.69. The topological polar surface area (TPSA) is 42.7 Å². The molecule has 114 valence electrons. The lowest BCUT2D eigenvalue weighted by molar-refractivity contribution is 0.521. The van der Waals surface area contributed by atoms with E-state index in [1.807, 2.05) is 0 Å². The molecule has 2 aromatic rings. The lowest BCUT2D eigenvalue weighted by Crippen LogP contribution is -2.13. The predicted octanol–water partition coefficient (Wildman–Crippen LogP) is 4.55. The molecule has 0 bridgehead atoms. The minimum atomic E-state index is 0.248. The third kappa shape index (κ3) is 2.98. The van der Waals surface area contributed by atoms with Crippen LogP contribution in [-0.2, 0) is 0 Å². The Hall–Kier alpha value is -1.36. The first-order valence-corrected chi connectivity index (χ1v) is 8.62. The molecular weight excluding hydrogens is 280 g/mol. The van der Waals surface area contributed by atoms with Gasteiger partial charge in [-0.15, -0.1) is 11.3 Å². The first kappa shape index (κ1) is 14.6. The van der Waals surface area contributed by atoms with Crippen LogP contribution < -0.4 is 5.32 Å². The quantitative estimate of drug-likeness (QED) is 0.901. The highest BCUT2D eigenvalue weighted by molar-refractivity contribution is 7.11. The van der Waals surface area contributed by atoms with Crippen molar-refractivity contribution < 1.29 is 0 Å². The minimum Gasteiger partial charge on any atom is -0.348 e. The van der Waals surface area contributed by atoms with Crippen molar-refractivity contribution in [3.8, 4) is 0 Å². The van der Waals surface area contributed by atoms with Crippen molar-refractivity contribution in [2.24, 2.45) is 0 Å². The molecule has 1 saturated carbocycles. The van der Waals surface area contributed by atoms with Gasteiger partial charge in [0.25, 0.3) is 0 Å². The summed E-state index contributed by atoms with van der Waals surface area (Å²) in [4.78, 5) is 10.5. The van der Waals surface area contributed by atoms with Crippen molar-refractivity contribution >= 4 is 17.3 Å². The molecule has 0 aromatic carbocycles. The van der Waals surface area contributed by atoms with Crippen LogP contribution in [0.3, 0.4) is 0 Å². The molecular formula is C16H24N4S. The van der Waals surface area contributed by atoms with E-state index in [1.54, 1.807) is 11.3 Å². The lowest BCUT2D eigenvalue weighted by atomic mass is 10.2. The van der Waals surface area contributed by atoms with E-state index in [4.69, 9.17) is 4.98 Å². The van der Waals surface area contributed by atoms with Crippen molar-refractivity contribution in [2.75, 3.05) is 5.32 Å². The van der Waals surface area contributed by atoms with Crippen LogP contribution in [0, 0.1) is 20.8 Å². The van der Waals surface area contributed by atoms with Crippen LogP contribution in [0.5, 0.6) is 0 Å². The van der Waals surface area contributed by atoms with E-state index >= 15 is 0 Å². The van der Waals surface area contributed by atoms with Crippen LogP contribution in [0.2, 0.25) is 0 Å². The highest BCUT2D eigenvalue weighted by Crippen LogP contribution is 2.34. The normalized spacial score (nSPS) is 17.3. The van der Waals surface area contributed by atoms with E-state index in [1.165, 1.54) is 30.6 Å². The minimum absolute atomic E-state index is 0.248. The number of hydrogen-bond acceptors (Lipinski definition) is 4. The number of thiazole rings is 1. The van der Waals surface area contributed by atoms with Gasteiger partial charge < -0.3 is 9.88 Å². The fourth-order valence-electron chi connectivity index (χ4n) is 3.29. The second-order valence-corrected chi connectivity index (χ2v) is 7.33. The summed E-state index contributed by atoms with van der Waals surface area (Å²) in [7, 11) is 0. The monoisotopic (exact) mass is 304 g/mol. The van der Waals surface area contributed by atoms with Gasteiger partial charge in [-0.2, -0.15) is 0 Å². The zero-order chi connectivity index (χ0) is 15.0. The number of rotatable bonds is 4. The maximum Gasteiger partial charge on any atom is 0.203 e. The summed E-state index contributed by atoms with van der Waals surface area (Å²) >= 11 is 1.78. The largest absolute Gasteiger partial charge is 0.348 e. The van der Waals surface area contributed by atoms with Crippen molar-refractivity contribution in [1.29, 1.82) is 0 Å². The summed E-state index contributed by atoms with van der Waals surface area (Å²) in [6.07, 6.45) is 7.42. The van der Waals surface area contributed by atoms with E-state index in [0.717, 1.165) is 22.3 Å². The molecule has 1 aliphatic carbocycles.